The van der Waals surface area contributed by atoms with Crippen molar-refractivity contribution < 1.29 is 4.79 Å². The molecular weight excluding hydrogens is 232 g/mol. The van der Waals surface area contributed by atoms with Gasteiger partial charge in [-0.15, -0.1) is 0 Å². The molecule has 3 nitrogen and oxygen atoms in total. The number of hydrogen-bond acceptors (Lipinski definition) is 3. The molecule has 88 valence electrons. The number of carbonyl (C=O) groups is 1. The van der Waals surface area contributed by atoms with Crippen LogP contribution in [0, 0.1) is 0 Å². The average Bonchev–Trinajstić information content (AvgIpc) is 2.80. The Morgan fingerprint density at radius 2 is 1.94 bits per heavy atom. The van der Waals surface area contributed by atoms with Crippen molar-refractivity contribution in [1.82, 2.24) is 0 Å². The van der Waals surface area contributed by atoms with Crippen LogP contribution in [0.4, 0.5) is 11.4 Å². The minimum Gasteiger partial charge on any atom is -0.380 e. The van der Waals surface area contributed by atoms with E-state index in [0.29, 0.717) is 0 Å². The molecule has 1 amide bonds. The molecule has 0 aliphatic rings. The Kier molecular flexibility index (Phi) is 3.77. The van der Waals surface area contributed by atoms with Gasteiger partial charge in [-0.1, -0.05) is 12.1 Å². The predicted molar refractivity (Wildman–Crippen MR) is 72.4 cm³/mol. The fourth-order valence-electron chi connectivity index (χ4n) is 1.48. The molecule has 2 rings (SSSR count). The van der Waals surface area contributed by atoms with Crippen molar-refractivity contribution in [2.75, 3.05) is 10.6 Å². The fourth-order valence-corrected chi connectivity index (χ4v) is 2.09. The lowest BCUT2D eigenvalue weighted by Gasteiger charge is -2.06. The molecule has 4 heteroatoms. The highest BCUT2D eigenvalue weighted by molar-refractivity contribution is 7.08. The summed E-state index contributed by atoms with van der Waals surface area (Å²) in [6, 6.07) is 9.88. The summed E-state index contributed by atoms with van der Waals surface area (Å²) in [5.74, 6) is -0.0471. The van der Waals surface area contributed by atoms with Crippen LogP contribution in [-0.4, -0.2) is 5.91 Å². The summed E-state index contributed by atoms with van der Waals surface area (Å²) in [6.45, 7) is 2.29. The van der Waals surface area contributed by atoms with Crippen LogP contribution >= 0.6 is 11.3 Å². The second-order valence-corrected chi connectivity index (χ2v) is 4.52. The fraction of sp³-hybridized carbons (Fsp3) is 0.154. The van der Waals surface area contributed by atoms with Gasteiger partial charge in [0.05, 0.1) is 0 Å². The first-order chi connectivity index (χ1) is 8.24. The van der Waals surface area contributed by atoms with E-state index in [9.17, 15) is 4.79 Å². The summed E-state index contributed by atoms with van der Waals surface area (Å²) in [6.07, 6.45) is 0. The van der Waals surface area contributed by atoms with Gasteiger partial charge in [0.2, 0.25) is 5.91 Å². The average molecular weight is 246 g/mol. The van der Waals surface area contributed by atoms with Crippen molar-refractivity contribution in [2.45, 2.75) is 13.5 Å². The monoisotopic (exact) mass is 246 g/mol. The number of amides is 1. The summed E-state index contributed by atoms with van der Waals surface area (Å²) < 4.78 is 0. The van der Waals surface area contributed by atoms with Gasteiger partial charge >= 0.3 is 0 Å². The Morgan fingerprint density at radius 1 is 1.18 bits per heavy atom. The minimum absolute atomic E-state index is 0.0471. The van der Waals surface area contributed by atoms with Crippen LogP contribution in [-0.2, 0) is 11.3 Å². The van der Waals surface area contributed by atoms with Gasteiger partial charge in [-0.3, -0.25) is 4.79 Å². The summed E-state index contributed by atoms with van der Waals surface area (Å²) >= 11 is 1.67. The van der Waals surface area contributed by atoms with E-state index in [4.69, 9.17) is 0 Å². The second-order valence-electron chi connectivity index (χ2n) is 3.74. The number of nitrogens with one attached hydrogen (secondary N) is 2. The van der Waals surface area contributed by atoms with Crippen molar-refractivity contribution in [2.24, 2.45) is 0 Å². The van der Waals surface area contributed by atoms with E-state index in [1.807, 2.05) is 29.6 Å². The highest BCUT2D eigenvalue weighted by Gasteiger charge is 1.97. The molecule has 2 N–H and O–H groups in total. The standard InChI is InChI=1S/C13H14N2OS/c1-10(16)15-12-4-2-11(3-5-12)8-14-13-6-7-17-9-13/h2-7,9,14H,8H2,1H3,(H,15,16). The van der Waals surface area contributed by atoms with Crippen LogP contribution in [0.5, 0.6) is 0 Å². The maximum absolute atomic E-state index is 10.9. The highest BCUT2D eigenvalue weighted by atomic mass is 32.1. The van der Waals surface area contributed by atoms with Crippen molar-refractivity contribution >= 4 is 28.6 Å². The summed E-state index contributed by atoms with van der Waals surface area (Å²) in [5, 5.41) is 10.2. The molecule has 0 aliphatic carbocycles. The summed E-state index contributed by atoms with van der Waals surface area (Å²) in [4.78, 5) is 10.9. The molecule has 1 aromatic heterocycles. The molecule has 0 unspecified atom stereocenters. The van der Waals surface area contributed by atoms with Gasteiger partial charge in [-0.25, -0.2) is 0 Å². The van der Waals surface area contributed by atoms with E-state index in [0.717, 1.165) is 17.9 Å². The summed E-state index contributed by atoms with van der Waals surface area (Å²) in [7, 11) is 0. The number of rotatable bonds is 4. The first kappa shape index (κ1) is 11.7. The molecule has 1 heterocycles. The summed E-state index contributed by atoms with van der Waals surface area (Å²) in [5.41, 5.74) is 3.16. The van der Waals surface area contributed by atoms with Crippen LogP contribution in [0.15, 0.2) is 41.1 Å². The van der Waals surface area contributed by atoms with Gasteiger partial charge < -0.3 is 10.6 Å². The number of anilines is 2. The molecule has 2 aromatic rings. The topological polar surface area (TPSA) is 41.1 Å². The molecule has 0 saturated heterocycles. The Labute approximate surface area is 104 Å². The van der Waals surface area contributed by atoms with Crippen LogP contribution in [0.1, 0.15) is 12.5 Å². The number of carbonyl (C=O) groups excluding carboxylic acids is 1. The van der Waals surface area contributed by atoms with E-state index in [1.165, 1.54) is 12.5 Å². The Morgan fingerprint density at radius 3 is 2.53 bits per heavy atom. The third-order valence-corrected chi connectivity index (χ3v) is 2.98. The Hall–Kier alpha value is -1.81. The highest BCUT2D eigenvalue weighted by Crippen LogP contribution is 2.14. The smallest absolute Gasteiger partial charge is 0.221 e. The molecular formula is C13H14N2OS. The third kappa shape index (κ3) is 3.60. The van der Waals surface area contributed by atoms with E-state index >= 15 is 0 Å². The van der Waals surface area contributed by atoms with Crippen LogP contribution in [0.3, 0.4) is 0 Å². The lowest BCUT2D eigenvalue weighted by atomic mass is 10.2. The number of benzene rings is 1. The van der Waals surface area contributed by atoms with E-state index in [1.54, 1.807) is 11.3 Å². The van der Waals surface area contributed by atoms with Gasteiger partial charge in [0.1, 0.15) is 0 Å². The zero-order chi connectivity index (χ0) is 12.1. The van der Waals surface area contributed by atoms with Crippen LogP contribution in [0.25, 0.3) is 0 Å². The van der Waals surface area contributed by atoms with Crippen molar-refractivity contribution in [3.63, 3.8) is 0 Å². The van der Waals surface area contributed by atoms with Gasteiger partial charge in [0, 0.05) is 30.2 Å². The van der Waals surface area contributed by atoms with Crippen LogP contribution in [0.2, 0.25) is 0 Å². The number of thiophene rings is 1. The van der Waals surface area contributed by atoms with E-state index in [2.05, 4.69) is 22.1 Å². The maximum atomic E-state index is 10.9. The lowest BCUT2D eigenvalue weighted by molar-refractivity contribution is -0.114. The van der Waals surface area contributed by atoms with Gasteiger partial charge in [0.15, 0.2) is 0 Å². The molecule has 0 spiro atoms. The predicted octanol–water partition coefficient (Wildman–Crippen LogP) is 3.32. The molecule has 0 fully saturated rings. The van der Waals surface area contributed by atoms with Gasteiger partial charge in [0.25, 0.3) is 0 Å². The number of hydrogen-bond donors (Lipinski definition) is 2. The van der Waals surface area contributed by atoms with Gasteiger partial charge in [-0.2, -0.15) is 11.3 Å². The molecule has 0 saturated carbocycles. The van der Waals surface area contributed by atoms with E-state index < -0.39 is 0 Å². The normalized spacial score (nSPS) is 9.94. The first-order valence-electron chi connectivity index (χ1n) is 5.36. The van der Waals surface area contributed by atoms with Crippen molar-refractivity contribution in [3.05, 3.63) is 46.7 Å². The molecule has 0 bridgehead atoms. The third-order valence-electron chi connectivity index (χ3n) is 2.29. The lowest BCUT2D eigenvalue weighted by Crippen LogP contribution is -2.05. The van der Waals surface area contributed by atoms with Crippen LogP contribution < -0.4 is 10.6 Å². The van der Waals surface area contributed by atoms with Gasteiger partial charge in [-0.05, 0) is 29.1 Å². The Bertz CT molecular complexity index is 477. The zero-order valence-electron chi connectivity index (χ0n) is 9.57. The Balaban J connectivity index is 1.91. The largest absolute Gasteiger partial charge is 0.380 e. The SMILES string of the molecule is CC(=O)Nc1ccc(CNc2ccsc2)cc1. The van der Waals surface area contributed by atoms with Crippen molar-refractivity contribution in [1.29, 1.82) is 0 Å². The van der Waals surface area contributed by atoms with Crippen molar-refractivity contribution in [3.8, 4) is 0 Å². The quantitative estimate of drug-likeness (QED) is 0.869. The molecule has 17 heavy (non-hydrogen) atoms. The maximum Gasteiger partial charge on any atom is 0.221 e. The minimum atomic E-state index is -0.0471. The molecule has 0 radical (unpaired) electrons. The second kappa shape index (κ2) is 5.50. The zero-order valence-corrected chi connectivity index (χ0v) is 10.4. The molecule has 1 aromatic carbocycles. The first-order valence-corrected chi connectivity index (χ1v) is 6.31. The molecule has 0 atom stereocenters. The molecule has 0 aliphatic heterocycles. The van der Waals surface area contributed by atoms with E-state index in [-0.39, 0.29) is 5.91 Å².